The van der Waals surface area contributed by atoms with E-state index in [1.54, 1.807) is 25.8 Å². The lowest BCUT2D eigenvalue weighted by molar-refractivity contribution is -0.152. The fourth-order valence-corrected chi connectivity index (χ4v) is 6.81. The summed E-state index contributed by atoms with van der Waals surface area (Å²) in [6, 6.07) is 7.41. The van der Waals surface area contributed by atoms with E-state index in [1.807, 2.05) is 49.9 Å². The zero-order valence-corrected chi connectivity index (χ0v) is 18.0. The quantitative estimate of drug-likeness (QED) is 0.745. The first kappa shape index (κ1) is 19.3. The van der Waals surface area contributed by atoms with Crippen LogP contribution in [0.1, 0.15) is 32.1 Å². The molecule has 2 fully saturated rings. The SMILES string of the molecule is COc1ccccc1-c1noc(C)c1[C@@]1(C(=O)O)N2C(=S)[C@@H](C)[C@H]2SC1(C)C. The molecule has 1 aromatic heterocycles. The second kappa shape index (κ2) is 6.22. The van der Waals surface area contributed by atoms with Gasteiger partial charge in [0.2, 0.25) is 0 Å². The standard InChI is InChI=1S/C20H22N2O4S2/c1-10-16(27)22-17(10)28-19(3,4)20(22,18(23)24)14-11(2)26-21-15(14)12-8-6-7-9-13(12)25-5/h6-10,17H,1-5H3,(H,23,24)/t10-,17-,20+/m1/s1. The van der Waals surface area contributed by atoms with Gasteiger partial charge in [-0.15, -0.1) is 11.8 Å². The number of para-hydroxylation sites is 1. The number of ether oxygens (including phenoxy) is 1. The van der Waals surface area contributed by atoms with Crippen LogP contribution in [0.15, 0.2) is 28.8 Å². The minimum Gasteiger partial charge on any atom is -0.496 e. The normalized spacial score (nSPS) is 28.0. The Morgan fingerprint density at radius 3 is 2.71 bits per heavy atom. The zero-order chi connectivity index (χ0) is 20.4. The number of thioether (sulfide) groups is 1. The van der Waals surface area contributed by atoms with Crippen molar-refractivity contribution in [2.45, 2.75) is 43.4 Å². The number of carbonyl (C=O) groups is 1. The average molecular weight is 419 g/mol. The molecule has 2 saturated heterocycles. The van der Waals surface area contributed by atoms with Crippen LogP contribution < -0.4 is 4.74 Å². The first-order valence-electron chi connectivity index (χ1n) is 9.03. The summed E-state index contributed by atoms with van der Waals surface area (Å²) in [7, 11) is 1.58. The summed E-state index contributed by atoms with van der Waals surface area (Å²) in [6.45, 7) is 7.72. The molecule has 1 aromatic carbocycles. The molecule has 0 saturated carbocycles. The zero-order valence-electron chi connectivity index (χ0n) is 16.3. The van der Waals surface area contributed by atoms with Crippen LogP contribution in [0.2, 0.25) is 0 Å². The third-order valence-corrected chi connectivity index (χ3v) is 8.17. The second-order valence-electron chi connectivity index (χ2n) is 7.69. The largest absolute Gasteiger partial charge is 0.496 e. The van der Waals surface area contributed by atoms with Crippen molar-refractivity contribution < 1.29 is 19.2 Å². The lowest BCUT2D eigenvalue weighted by atomic mass is 9.73. The van der Waals surface area contributed by atoms with Gasteiger partial charge in [0.25, 0.3) is 0 Å². The Kier molecular flexibility index (Phi) is 4.28. The van der Waals surface area contributed by atoms with Crippen LogP contribution in [0.3, 0.4) is 0 Å². The summed E-state index contributed by atoms with van der Waals surface area (Å²) in [5.74, 6) is 0.275. The van der Waals surface area contributed by atoms with Crippen LogP contribution in [-0.4, -0.2) is 43.4 Å². The molecule has 2 aliphatic rings. The number of hydrogen-bond acceptors (Lipinski definition) is 6. The summed E-state index contributed by atoms with van der Waals surface area (Å²) >= 11 is 7.26. The summed E-state index contributed by atoms with van der Waals surface area (Å²) in [6.07, 6.45) is 0. The van der Waals surface area contributed by atoms with Crippen LogP contribution >= 0.6 is 24.0 Å². The number of aryl methyl sites for hydroxylation is 1. The van der Waals surface area contributed by atoms with E-state index in [4.69, 9.17) is 21.5 Å². The molecule has 2 aromatic rings. The molecule has 0 amide bonds. The van der Waals surface area contributed by atoms with Gasteiger partial charge in [-0.25, -0.2) is 4.79 Å². The van der Waals surface area contributed by atoms with E-state index in [1.165, 1.54) is 0 Å². The molecule has 28 heavy (non-hydrogen) atoms. The van der Waals surface area contributed by atoms with Crippen molar-refractivity contribution in [3.05, 3.63) is 35.6 Å². The molecule has 1 N–H and O–H groups in total. The Bertz CT molecular complexity index is 986. The molecule has 4 rings (SSSR count). The number of benzene rings is 1. The van der Waals surface area contributed by atoms with Gasteiger partial charge < -0.3 is 19.3 Å². The maximum Gasteiger partial charge on any atom is 0.336 e. The van der Waals surface area contributed by atoms with Gasteiger partial charge in [0.15, 0.2) is 5.54 Å². The van der Waals surface area contributed by atoms with Gasteiger partial charge in [-0.3, -0.25) is 0 Å². The van der Waals surface area contributed by atoms with Crippen LogP contribution in [0, 0.1) is 12.8 Å². The molecule has 3 heterocycles. The number of fused-ring (bicyclic) bond motifs is 1. The highest BCUT2D eigenvalue weighted by molar-refractivity contribution is 8.01. The van der Waals surface area contributed by atoms with Crippen LogP contribution in [0.25, 0.3) is 11.3 Å². The molecule has 0 aliphatic carbocycles. The van der Waals surface area contributed by atoms with Crippen molar-refractivity contribution in [2.24, 2.45) is 5.92 Å². The number of carboxylic acids is 1. The lowest BCUT2D eigenvalue weighted by Gasteiger charge is -2.51. The van der Waals surface area contributed by atoms with E-state index in [2.05, 4.69) is 5.16 Å². The third-order valence-electron chi connectivity index (χ3n) is 5.85. The second-order valence-corrected chi connectivity index (χ2v) is 9.85. The van der Waals surface area contributed by atoms with Crippen molar-refractivity contribution in [3.8, 4) is 17.0 Å². The van der Waals surface area contributed by atoms with E-state index >= 15 is 0 Å². The molecule has 2 aliphatic heterocycles. The fraction of sp³-hybridized carbons (Fsp3) is 0.450. The monoisotopic (exact) mass is 418 g/mol. The number of thiocarbonyl (C=S) groups is 1. The Morgan fingerprint density at radius 1 is 1.39 bits per heavy atom. The van der Waals surface area contributed by atoms with Crippen molar-refractivity contribution in [3.63, 3.8) is 0 Å². The van der Waals surface area contributed by atoms with Gasteiger partial charge in [0.1, 0.15) is 17.2 Å². The molecule has 148 valence electrons. The smallest absolute Gasteiger partial charge is 0.336 e. The number of nitrogens with zero attached hydrogens (tertiary/aromatic N) is 2. The van der Waals surface area contributed by atoms with E-state index < -0.39 is 16.3 Å². The average Bonchev–Trinajstić information content (AvgIpc) is 3.14. The van der Waals surface area contributed by atoms with Gasteiger partial charge in [-0.1, -0.05) is 36.4 Å². The molecular weight excluding hydrogens is 396 g/mol. The maximum atomic E-state index is 13.0. The number of rotatable bonds is 4. The third kappa shape index (κ3) is 2.18. The Morgan fingerprint density at radius 2 is 2.07 bits per heavy atom. The van der Waals surface area contributed by atoms with E-state index in [9.17, 15) is 9.90 Å². The first-order valence-corrected chi connectivity index (χ1v) is 10.3. The van der Waals surface area contributed by atoms with Crippen LogP contribution in [0.4, 0.5) is 0 Å². The predicted octanol–water partition coefficient (Wildman–Crippen LogP) is 4.07. The molecule has 0 unspecified atom stereocenters. The maximum absolute atomic E-state index is 13.0. The summed E-state index contributed by atoms with van der Waals surface area (Å²) in [4.78, 5) is 15.5. The Labute approximate surface area is 173 Å². The number of aliphatic carboxylic acids is 1. The summed E-state index contributed by atoms with van der Waals surface area (Å²) in [5, 5.41) is 14.9. The van der Waals surface area contributed by atoms with Gasteiger partial charge in [0.05, 0.1) is 27.8 Å². The van der Waals surface area contributed by atoms with Crippen molar-refractivity contribution in [1.29, 1.82) is 0 Å². The van der Waals surface area contributed by atoms with Crippen molar-refractivity contribution in [2.75, 3.05) is 7.11 Å². The van der Waals surface area contributed by atoms with E-state index in [0.29, 0.717) is 33.3 Å². The van der Waals surface area contributed by atoms with E-state index in [0.717, 1.165) is 0 Å². The van der Waals surface area contributed by atoms with Crippen LogP contribution in [0.5, 0.6) is 5.75 Å². The number of hydrogen-bond donors (Lipinski definition) is 1. The molecule has 8 heteroatoms. The van der Waals surface area contributed by atoms with Crippen molar-refractivity contribution in [1.82, 2.24) is 10.1 Å². The Balaban J connectivity index is 2.03. The summed E-state index contributed by atoms with van der Waals surface area (Å²) < 4.78 is 10.4. The fourth-order valence-electron chi connectivity index (χ4n) is 4.51. The van der Waals surface area contributed by atoms with Gasteiger partial charge in [0, 0.05) is 11.5 Å². The molecule has 0 spiro atoms. The van der Waals surface area contributed by atoms with Crippen molar-refractivity contribution >= 4 is 34.9 Å². The minimum absolute atomic E-state index is 0.0124. The highest BCUT2D eigenvalue weighted by atomic mass is 32.2. The van der Waals surface area contributed by atoms with Gasteiger partial charge in [-0.2, -0.15) is 0 Å². The Hall–Kier alpha value is -2.06. The van der Waals surface area contributed by atoms with Gasteiger partial charge in [-0.05, 0) is 32.9 Å². The summed E-state index contributed by atoms with van der Waals surface area (Å²) in [5.41, 5.74) is 0.334. The highest BCUT2D eigenvalue weighted by Crippen LogP contribution is 2.64. The predicted molar refractivity (Wildman–Crippen MR) is 112 cm³/mol. The number of aromatic nitrogens is 1. The molecule has 0 bridgehead atoms. The van der Waals surface area contributed by atoms with E-state index in [-0.39, 0.29) is 11.3 Å². The molecule has 6 nitrogen and oxygen atoms in total. The molecular formula is C20H22N2O4S2. The first-order chi connectivity index (χ1) is 13.2. The lowest BCUT2D eigenvalue weighted by Crippen LogP contribution is -2.67. The molecule has 3 atom stereocenters. The van der Waals surface area contributed by atoms with Gasteiger partial charge >= 0.3 is 5.97 Å². The highest BCUT2D eigenvalue weighted by Gasteiger charge is 2.72. The van der Waals surface area contributed by atoms with Crippen LogP contribution in [-0.2, 0) is 10.3 Å². The number of methoxy groups -OCH3 is 1. The number of carboxylic acid groups (broad SMARTS) is 1. The minimum atomic E-state index is -1.38. The topological polar surface area (TPSA) is 75.8 Å². The molecule has 0 radical (unpaired) electrons.